The van der Waals surface area contributed by atoms with Crippen molar-refractivity contribution in [1.29, 1.82) is 5.26 Å². The van der Waals surface area contributed by atoms with Crippen LogP contribution in [0.3, 0.4) is 0 Å². The van der Waals surface area contributed by atoms with Crippen LogP contribution < -0.4 is 14.8 Å². The average Bonchev–Trinajstić information content (AvgIpc) is 2.81. The minimum absolute atomic E-state index is 0.0702. The third kappa shape index (κ3) is 6.24. The summed E-state index contributed by atoms with van der Waals surface area (Å²) >= 11 is 6.02. The van der Waals surface area contributed by atoms with Crippen molar-refractivity contribution in [2.24, 2.45) is 0 Å². The van der Waals surface area contributed by atoms with Crippen LogP contribution in [0.25, 0.3) is 0 Å². The Balaban J connectivity index is 1.58. The summed E-state index contributed by atoms with van der Waals surface area (Å²) in [6.07, 6.45) is 0.854. The van der Waals surface area contributed by atoms with Gasteiger partial charge in [0.25, 0.3) is 0 Å². The highest BCUT2D eigenvalue weighted by Crippen LogP contribution is 2.28. The van der Waals surface area contributed by atoms with Crippen LogP contribution in [0.4, 0.5) is 0 Å². The van der Waals surface area contributed by atoms with Crippen molar-refractivity contribution in [3.63, 3.8) is 0 Å². The van der Waals surface area contributed by atoms with E-state index in [9.17, 15) is 4.79 Å². The number of nitriles is 1. The molecular weight excluding hydrogens is 412 g/mol. The van der Waals surface area contributed by atoms with Crippen molar-refractivity contribution in [2.75, 3.05) is 13.7 Å². The largest absolute Gasteiger partial charge is 0.493 e. The van der Waals surface area contributed by atoms with Gasteiger partial charge in [-0.2, -0.15) is 5.26 Å². The summed E-state index contributed by atoms with van der Waals surface area (Å²) in [6, 6.07) is 24.1. The molecule has 0 radical (unpaired) electrons. The SMILES string of the molecule is COc1cc(C#N)ccc1OCCCC(=O)NC(c1ccccc1)c1ccc(Cl)cc1. The standard InChI is InChI=1S/C25H23ClN2O3/c1-30-23-16-18(17-27)9-14-22(23)31-15-5-8-24(29)28-25(19-6-3-2-4-7-19)20-10-12-21(26)13-11-20/h2-4,6-7,9-14,16,25H,5,8,15H2,1H3,(H,28,29). The lowest BCUT2D eigenvalue weighted by atomic mass is 9.98. The van der Waals surface area contributed by atoms with Crippen LogP contribution in [0.1, 0.15) is 35.6 Å². The molecule has 3 aromatic carbocycles. The number of amides is 1. The smallest absolute Gasteiger partial charge is 0.220 e. The molecule has 0 spiro atoms. The number of rotatable bonds is 9. The Kier molecular flexibility index (Phi) is 7.91. The molecule has 1 atom stereocenters. The second kappa shape index (κ2) is 11.1. The maximum absolute atomic E-state index is 12.6. The molecule has 0 fully saturated rings. The summed E-state index contributed by atoms with van der Waals surface area (Å²) in [5.74, 6) is 0.972. The van der Waals surface area contributed by atoms with Gasteiger partial charge in [0.1, 0.15) is 0 Å². The number of halogens is 1. The molecule has 3 rings (SSSR count). The summed E-state index contributed by atoms with van der Waals surface area (Å²) in [4.78, 5) is 12.6. The number of carbonyl (C=O) groups is 1. The van der Waals surface area contributed by atoms with E-state index in [1.165, 1.54) is 7.11 Å². The summed E-state index contributed by atoms with van der Waals surface area (Å²) in [6.45, 7) is 0.354. The number of nitrogens with zero attached hydrogens (tertiary/aromatic N) is 1. The number of methoxy groups -OCH3 is 1. The molecule has 0 aromatic heterocycles. The summed E-state index contributed by atoms with van der Waals surface area (Å²) in [5.41, 5.74) is 2.46. The first kappa shape index (κ1) is 22.2. The fourth-order valence-corrected chi connectivity index (χ4v) is 3.29. The van der Waals surface area contributed by atoms with Gasteiger partial charge in [-0.1, -0.05) is 54.1 Å². The predicted molar refractivity (Wildman–Crippen MR) is 120 cm³/mol. The van der Waals surface area contributed by atoms with Crippen molar-refractivity contribution in [2.45, 2.75) is 18.9 Å². The molecule has 158 valence electrons. The van der Waals surface area contributed by atoms with Crippen LogP contribution in [0, 0.1) is 11.3 Å². The van der Waals surface area contributed by atoms with E-state index in [0.29, 0.717) is 41.5 Å². The van der Waals surface area contributed by atoms with Crippen molar-refractivity contribution < 1.29 is 14.3 Å². The first-order valence-corrected chi connectivity index (χ1v) is 10.3. The molecule has 31 heavy (non-hydrogen) atoms. The lowest BCUT2D eigenvalue weighted by molar-refractivity contribution is -0.121. The molecule has 0 aliphatic rings. The summed E-state index contributed by atoms with van der Waals surface area (Å²) in [7, 11) is 1.53. The van der Waals surface area contributed by atoms with E-state index in [4.69, 9.17) is 26.3 Å². The van der Waals surface area contributed by atoms with Gasteiger partial charge in [0.05, 0.1) is 31.4 Å². The van der Waals surface area contributed by atoms with Gasteiger partial charge in [0.2, 0.25) is 5.91 Å². The Bertz CT molecular complexity index is 1050. The van der Waals surface area contributed by atoms with Gasteiger partial charge in [-0.3, -0.25) is 4.79 Å². The zero-order valence-corrected chi connectivity index (χ0v) is 17.9. The van der Waals surface area contributed by atoms with Crippen LogP contribution in [-0.4, -0.2) is 19.6 Å². The van der Waals surface area contributed by atoms with Gasteiger partial charge in [-0.25, -0.2) is 0 Å². The molecular formula is C25H23ClN2O3. The van der Waals surface area contributed by atoms with Gasteiger partial charge in [-0.05, 0) is 41.8 Å². The van der Waals surface area contributed by atoms with E-state index in [-0.39, 0.29) is 11.9 Å². The van der Waals surface area contributed by atoms with Gasteiger partial charge in [0.15, 0.2) is 11.5 Å². The maximum atomic E-state index is 12.6. The van der Waals surface area contributed by atoms with E-state index in [1.807, 2.05) is 54.6 Å². The predicted octanol–water partition coefficient (Wildman–Crippen LogP) is 5.29. The molecule has 3 aromatic rings. The second-order valence-electron chi connectivity index (χ2n) is 6.89. The molecule has 0 saturated carbocycles. The molecule has 0 bridgehead atoms. The third-order valence-electron chi connectivity index (χ3n) is 4.74. The molecule has 0 aliphatic carbocycles. The molecule has 1 N–H and O–H groups in total. The Hall–Kier alpha value is -3.49. The minimum Gasteiger partial charge on any atom is -0.493 e. The Morgan fingerprint density at radius 2 is 1.74 bits per heavy atom. The first-order chi connectivity index (χ1) is 15.1. The van der Waals surface area contributed by atoms with Gasteiger partial charge in [0, 0.05) is 17.5 Å². The second-order valence-corrected chi connectivity index (χ2v) is 7.33. The van der Waals surface area contributed by atoms with E-state index in [0.717, 1.165) is 11.1 Å². The highest BCUT2D eigenvalue weighted by atomic mass is 35.5. The van der Waals surface area contributed by atoms with Crippen LogP contribution in [0.5, 0.6) is 11.5 Å². The minimum atomic E-state index is -0.259. The van der Waals surface area contributed by atoms with Crippen LogP contribution in [0.2, 0.25) is 5.02 Å². The fourth-order valence-electron chi connectivity index (χ4n) is 3.16. The molecule has 1 amide bonds. The first-order valence-electron chi connectivity index (χ1n) is 9.91. The van der Waals surface area contributed by atoms with Crippen LogP contribution in [0.15, 0.2) is 72.8 Å². The van der Waals surface area contributed by atoms with E-state index < -0.39 is 0 Å². The fraction of sp³-hybridized carbons (Fsp3) is 0.200. The zero-order valence-electron chi connectivity index (χ0n) is 17.2. The number of hydrogen-bond acceptors (Lipinski definition) is 4. The quantitative estimate of drug-likeness (QED) is 0.465. The van der Waals surface area contributed by atoms with Crippen molar-refractivity contribution in [1.82, 2.24) is 5.32 Å². The lowest BCUT2D eigenvalue weighted by Crippen LogP contribution is -2.29. The summed E-state index contributed by atoms with van der Waals surface area (Å²) in [5, 5.41) is 12.7. The number of nitrogens with one attached hydrogen (secondary N) is 1. The maximum Gasteiger partial charge on any atom is 0.220 e. The van der Waals surface area contributed by atoms with Gasteiger partial charge >= 0.3 is 0 Å². The number of ether oxygens (including phenoxy) is 2. The Labute approximate surface area is 187 Å². The number of carbonyl (C=O) groups excluding carboxylic acids is 1. The highest BCUT2D eigenvalue weighted by molar-refractivity contribution is 6.30. The molecule has 0 aliphatic heterocycles. The van der Waals surface area contributed by atoms with Gasteiger partial charge < -0.3 is 14.8 Å². The zero-order chi connectivity index (χ0) is 22.1. The molecule has 0 heterocycles. The van der Waals surface area contributed by atoms with Crippen molar-refractivity contribution in [3.05, 3.63) is 94.5 Å². The lowest BCUT2D eigenvalue weighted by Gasteiger charge is -2.20. The Morgan fingerprint density at radius 3 is 2.42 bits per heavy atom. The number of hydrogen-bond donors (Lipinski definition) is 1. The third-order valence-corrected chi connectivity index (χ3v) is 4.99. The van der Waals surface area contributed by atoms with Gasteiger partial charge in [-0.15, -0.1) is 0 Å². The number of benzene rings is 3. The average molecular weight is 435 g/mol. The van der Waals surface area contributed by atoms with E-state index in [2.05, 4.69) is 11.4 Å². The molecule has 1 unspecified atom stereocenters. The van der Waals surface area contributed by atoms with Crippen LogP contribution >= 0.6 is 11.6 Å². The van der Waals surface area contributed by atoms with E-state index >= 15 is 0 Å². The highest BCUT2D eigenvalue weighted by Gasteiger charge is 2.16. The Morgan fingerprint density at radius 1 is 1.03 bits per heavy atom. The monoisotopic (exact) mass is 434 g/mol. The topological polar surface area (TPSA) is 71.3 Å². The molecule has 6 heteroatoms. The normalized spacial score (nSPS) is 11.3. The summed E-state index contributed by atoms with van der Waals surface area (Å²) < 4.78 is 11.0. The van der Waals surface area contributed by atoms with Crippen LogP contribution in [-0.2, 0) is 4.79 Å². The van der Waals surface area contributed by atoms with Crippen molar-refractivity contribution in [3.8, 4) is 17.6 Å². The molecule has 5 nitrogen and oxygen atoms in total. The molecule has 0 saturated heterocycles. The van der Waals surface area contributed by atoms with Crippen molar-refractivity contribution >= 4 is 17.5 Å². The van der Waals surface area contributed by atoms with E-state index in [1.54, 1.807) is 18.2 Å².